The van der Waals surface area contributed by atoms with Crippen LogP contribution in [0.2, 0.25) is 0 Å². The predicted molar refractivity (Wildman–Crippen MR) is 87.2 cm³/mol. The van der Waals surface area contributed by atoms with Gasteiger partial charge in [0, 0.05) is 18.1 Å². The Morgan fingerprint density at radius 2 is 1.90 bits per heavy atom. The lowest BCUT2D eigenvalue weighted by molar-refractivity contribution is 0.0927. The highest BCUT2D eigenvalue weighted by Crippen LogP contribution is 2.35. The molecular weight excluding hydrogens is 244 g/mol. The number of nitrogens with zero attached hydrogens (tertiary/aromatic N) is 1. The molecule has 0 aliphatic heterocycles. The number of hydrogen-bond donors (Lipinski definition) is 1. The summed E-state index contributed by atoms with van der Waals surface area (Å²) in [5.74, 6) is 0.721. The monoisotopic (exact) mass is 274 g/mol. The lowest BCUT2D eigenvalue weighted by Gasteiger charge is -2.44. The van der Waals surface area contributed by atoms with Gasteiger partial charge in [-0.3, -0.25) is 4.90 Å². The van der Waals surface area contributed by atoms with E-state index in [0.29, 0.717) is 18.1 Å². The third kappa shape index (κ3) is 3.42. The van der Waals surface area contributed by atoms with Crippen LogP contribution in [0.3, 0.4) is 0 Å². The second-order valence-electron chi connectivity index (χ2n) is 6.31. The Hall–Kier alpha value is -0.860. The molecule has 1 aliphatic rings. The molecule has 0 saturated heterocycles. The van der Waals surface area contributed by atoms with E-state index in [4.69, 9.17) is 0 Å². The highest BCUT2D eigenvalue weighted by Gasteiger charge is 2.34. The fourth-order valence-electron chi connectivity index (χ4n) is 3.86. The van der Waals surface area contributed by atoms with Crippen molar-refractivity contribution in [3.05, 3.63) is 35.9 Å². The summed E-state index contributed by atoms with van der Waals surface area (Å²) in [5, 5.41) is 3.55. The standard InChI is InChI=1S/C18H30N2/c1-5-20(14(2)3)18-13-16(11-12-17(18)19-4)15-9-7-6-8-10-15/h6-10,14,16-19H,5,11-13H2,1-4H3. The summed E-state index contributed by atoms with van der Waals surface area (Å²) >= 11 is 0. The van der Waals surface area contributed by atoms with E-state index in [1.165, 1.54) is 24.8 Å². The Labute approximate surface area is 124 Å². The largest absolute Gasteiger partial charge is 0.315 e. The molecule has 0 spiro atoms. The van der Waals surface area contributed by atoms with Crippen LogP contribution in [-0.4, -0.2) is 36.6 Å². The number of rotatable bonds is 5. The summed E-state index contributed by atoms with van der Waals surface area (Å²) in [4.78, 5) is 2.66. The summed E-state index contributed by atoms with van der Waals surface area (Å²) in [6.45, 7) is 8.07. The van der Waals surface area contributed by atoms with E-state index in [-0.39, 0.29) is 0 Å². The molecule has 1 saturated carbocycles. The van der Waals surface area contributed by atoms with Crippen LogP contribution < -0.4 is 5.32 Å². The maximum absolute atomic E-state index is 3.55. The topological polar surface area (TPSA) is 15.3 Å². The van der Waals surface area contributed by atoms with E-state index in [0.717, 1.165) is 12.5 Å². The van der Waals surface area contributed by atoms with Gasteiger partial charge in [0.05, 0.1) is 0 Å². The molecular formula is C18H30N2. The highest BCUT2D eigenvalue weighted by atomic mass is 15.2. The van der Waals surface area contributed by atoms with E-state index in [1.54, 1.807) is 0 Å². The molecule has 0 heterocycles. The van der Waals surface area contributed by atoms with Crippen molar-refractivity contribution in [2.75, 3.05) is 13.6 Å². The maximum atomic E-state index is 3.55. The van der Waals surface area contributed by atoms with Crippen LogP contribution in [0.5, 0.6) is 0 Å². The zero-order valence-corrected chi connectivity index (χ0v) is 13.5. The van der Waals surface area contributed by atoms with Crippen molar-refractivity contribution in [3.8, 4) is 0 Å². The molecule has 20 heavy (non-hydrogen) atoms. The van der Waals surface area contributed by atoms with Gasteiger partial charge < -0.3 is 5.32 Å². The van der Waals surface area contributed by atoms with Crippen LogP contribution in [0.1, 0.15) is 51.5 Å². The summed E-state index contributed by atoms with van der Waals surface area (Å²) in [5.41, 5.74) is 1.52. The summed E-state index contributed by atoms with van der Waals surface area (Å²) < 4.78 is 0. The molecule has 0 aromatic heterocycles. The van der Waals surface area contributed by atoms with Crippen molar-refractivity contribution in [2.24, 2.45) is 0 Å². The Morgan fingerprint density at radius 1 is 1.20 bits per heavy atom. The second-order valence-corrected chi connectivity index (χ2v) is 6.31. The lowest BCUT2D eigenvalue weighted by Crippen LogP contribution is -2.54. The van der Waals surface area contributed by atoms with Crippen LogP contribution in [0.15, 0.2) is 30.3 Å². The fraction of sp³-hybridized carbons (Fsp3) is 0.667. The van der Waals surface area contributed by atoms with Crippen LogP contribution in [0.4, 0.5) is 0 Å². The molecule has 2 heteroatoms. The minimum atomic E-state index is 0.621. The number of nitrogens with one attached hydrogen (secondary N) is 1. The SMILES string of the molecule is CCN(C(C)C)C1CC(c2ccccc2)CCC1NC. The highest BCUT2D eigenvalue weighted by molar-refractivity contribution is 5.21. The van der Waals surface area contributed by atoms with Gasteiger partial charge in [-0.05, 0) is 58.2 Å². The number of likely N-dealkylation sites (N-methyl/N-ethyl adjacent to an activating group) is 2. The predicted octanol–water partition coefficient (Wildman–Crippen LogP) is 3.64. The number of hydrogen-bond acceptors (Lipinski definition) is 2. The van der Waals surface area contributed by atoms with Crippen LogP contribution in [-0.2, 0) is 0 Å². The van der Waals surface area contributed by atoms with E-state index < -0.39 is 0 Å². The third-order valence-electron chi connectivity index (χ3n) is 4.91. The van der Waals surface area contributed by atoms with Crippen molar-refractivity contribution in [1.29, 1.82) is 0 Å². The van der Waals surface area contributed by atoms with Crippen LogP contribution in [0.25, 0.3) is 0 Å². The first-order valence-electron chi connectivity index (χ1n) is 8.15. The average molecular weight is 274 g/mol. The van der Waals surface area contributed by atoms with Crippen molar-refractivity contribution < 1.29 is 0 Å². The summed E-state index contributed by atoms with van der Waals surface area (Å²) in [7, 11) is 2.12. The quantitative estimate of drug-likeness (QED) is 0.882. The lowest BCUT2D eigenvalue weighted by atomic mass is 9.78. The molecule has 2 nitrogen and oxygen atoms in total. The molecule has 0 amide bonds. The molecule has 2 rings (SSSR count). The Balaban J connectivity index is 2.15. The van der Waals surface area contributed by atoms with Crippen LogP contribution >= 0.6 is 0 Å². The second kappa shape index (κ2) is 7.24. The average Bonchev–Trinajstić information content (AvgIpc) is 2.48. The zero-order chi connectivity index (χ0) is 14.5. The molecule has 3 unspecified atom stereocenters. The molecule has 1 aromatic rings. The Kier molecular flexibility index (Phi) is 5.62. The first-order valence-corrected chi connectivity index (χ1v) is 8.15. The molecule has 1 aromatic carbocycles. The molecule has 0 bridgehead atoms. The van der Waals surface area contributed by atoms with Crippen molar-refractivity contribution in [2.45, 2.75) is 64.1 Å². The van der Waals surface area contributed by atoms with Gasteiger partial charge in [0.15, 0.2) is 0 Å². The van der Waals surface area contributed by atoms with Crippen LogP contribution in [0, 0.1) is 0 Å². The van der Waals surface area contributed by atoms with Gasteiger partial charge in [0.2, 0.25) is 0 Å². The number of benzene rings is 1. The summed E-state index contributed by atoms with van der Waals surface area (Å²) in [6, 6.07) is 13.0. The van der Waals surface area contributed by atoms with Crippen molar-refractivity contribution >= 4 is 0 Å². The van der Waals surface area contributed by atoms with E-state index >= 15 is 0 Å². The summed E-state index contributed by atoms with van der Waals surface area (Å²) in [6.07, 6.45) is 3.87. The van der Waals surface area contributed by atoms with Crippen molar-refractivity contribution in [1.82, 2.24) is 10.2 Å². The minimum absolute atomic E-state index is 0.621. The Bertz CT molecular complexity index is 388. The molecule has 1 aliphatic carbocycles. The van der Waals surface area contributed by atoms with Gasteiger partial charge in [-0.15, -0.1) is 0 Å². The molecule has 112 valence electrons. The van der Waals surface area contributed by atoms with Gasteiger partial charge in [0.1, 0.15) is 0 Å². The van der Waals surface area contributed by atoms with Gasteiger partial charge in [-0.1, -0.05) is 37.3 Å². The first kappa shape index (κ1) is 15.5. The van der Waals surface area contributed by atoms with Gasteiger partial charge >= 0.3 is 0 Å². The van der Waals surface area contributed by atoms with Gasteiger partial charge in [-0.25, -0.2) is 0 Å². The first-order chi connectivity index (χ1) is 9.67. The fourth-order valence-corrected chi connectivity index (χ4v) is 3.86. The van der Waals surface area contributed by atoms with E-state index in [1.807, 2.05) is 0 Å². The molecule has 1 N–H and O–H groups in total. The van der Waals surface area contributed by atoms with E-state index in [2.05, 4.69) is 68.4 Å². The van der Waals surface area contributed by atoms with Gasteiger partial charge in [-0.2, -0.15) is 0 Å². The molecule has 3 atom stereocenters. The van der Waals surface area contributed by atoms with Crippen molar-refractivity contribution in [3.63, 3.8) is 0 Å². The molecule has 0 radical (unpaired) electrons. The minimum Gasteiger partial charge on any atom is -0.315 e. The zero-order valence-electron chi connectivity index (χ0n) is 13.5. The Morgan fingerprint density at radius 3 is 2.45 bits per heavy atom. The van der Waals surface area contributed by atoms with Gasteiger partial charge in [0.25, 0.3) is 0 Å². The molecule has 1 fully saturated rings. The third-order valence-corrected chi connectivity index (χ3v) is 4.91. The smallest absolute Gasteiger partial charge is 0.0257 e. The van der Waals surface area contributed by atoms with E-state index in [9.17, 15) is 0 Å². The normalized spacial score (nSPS) is 27.2. The maximum Gasteiger partial charge on any atom is 0.0257 e.